The molecule has 0 aromatic heterocycles. The third kappa shape index (κ3) is 6.17. The zero-order valence-corrected chi connectivity index (χ0v) is 14.7. The SMILES string of the molecule is CC(=O)NCCOc1ccc2cc(CCNS(C)(=O)=O)ccc2c1. The minimum Gasteiger partial charge on any atom is -0.492 e. The summed E-state index contributed by atoms with van der Waals surface area (Å²) in [5, 5.41) is 4.80. The molecule has 0 unspecified atom stereocenters. The van der Waals surface area contributed by atoms with Crippen molar-refractivity contribution in [2.24, 2.45) is 0 Å². The first-order valence-corrected chi connectivity index (χ1v) is 9.57. The molecule has 2 rings (SSSR count). The van der Waals surface area contributed by atoms with E-state index in [1.807, 2.05) is 36.4 Å². The van der Waals surface area contributed by atoms with Gasteiger partial charge in [-0.25, -0.2) is 13.1 Å². The van der Waals surface area contributed by atoms with Crippen LogP contribution in [0.1, 0.15) is 12.5 Å². The van der Waals surface area contributed by atoms with Crippen molar-refractivity contribution < 1.29 is 17.9 Å². The monoisotopic (exact) mass is 350 g/mol. The number of fused-ring (bicyclic) bond motifs is 1. The lowest BCUT2D eigenvalue weighted by Gasteiger charge is -2.09. The number of hydrogen-bond donors (Lipinski definition) is 2. The van der Waals surface area contributed by atoms with Crippen LogP contribution in [0, 0.1) is 0 Å². The van der Waals surface area contributed by atoms with Crippen LogP contribution < -0.4 is 14.8 Å². The summed E-state index contributed by atoms with van der Waals surface area (Å²) in [6, 6.07) is 11.8. The van der Waals surface area contributed by atoms with Crippen LogP contribution in [-0.2, 0) is 21.2 Å². The topological polar surface area (TPSA) is 84.5 Å². The molecule has 0 heterocycles. The van der Waals surface area contributed by atoms with E-state index in [0.717, 1.165) is 28.3 Å². The van der Waals surface area contributed by atoms with Crippen molar-refractivity contribution in [3.05, 3.63) is 42.0 Å². The third-order valence-electron chi connectivity index (χ3n) is 3.40. The zero-order valence-electron chi connectivity index (χ0n) is 13.8. The van der Waals surface area contributed by atoms with Crippen LogP contribution in [0.25, 0.3) is 10.8 Å². The van der Waals surface area contributed by atoms with E-state index in [0.29, 0.717) is 26.1 Å². The number of carbonyl (C=O) groups is 1. The van der Waals surface area contributed by atoms with Crippen LogP contribution in [0.2, 0.25) is 0 Å². The van der Waals surface area contributed by atoms with Gasteiger partial charge in [-0.05, 0) is 34.9 Å². The Labute approximate surface area is 142 Å². The summed E-state index contributed by atoms with van der Waals surface area (Å²) in [6.07, 6.45) is 1.79. The molecule has 0 aliphatic rings. The highest BCUT2D eigenvalue weighted by Crippen LogP contribution is 2.22. The fourth-order valence-electron chi connectivity index (χ4n) is 2.30. The van der Waals surface area contributed by atoms with Gasteiger partial charge in [-0.3, -0.25) is 4.79 Å². The van der Waals surface area contributed by atoms with Gasteiger partial charge in [-0.1, -0.05) is 24.3 Å². The van der Waals surface area contributed by atoms with Crippen molar-refractivity contribution >= 4 is 26.7 Å². The summed E-state index contributed by atoms with van der Waals surface area (Å²) >= 11 is 0. The van der Waals surface area contributed by atoms with Crippen molar-refractivity contribution in [2.75, 3.05) is 26.0 Å². The lowest BCUT2D eigenvalue weighted by atomic mass is 10.0. The molecule has 0 aliphatic carbocycles. The number of rotatable bonds is 8. The molecule has 0 fully saturated rings. The number of nitrogens with one attached hydrogen (secondary N) is 2. The first kappa shape index (κ1) is 18.2. The maximum atomic E-state index is 11.1. The number of carbonyl (C=O) groups excluding carboxylic acids is 1. The Hall–Kier alpha value is -2.12. The van der Waals surface area contributed by atoms with Gasteiger partial charge >= 0.3 is 0 Å². The normalized spacial score (nSPS) is 11.4. The molecule has 2 aromatic carbocycles. The standard InChI is InChI=1S/C17H22N2O4S/c1-13(20)18-9-10-23-17-6-5-15-11-14(3-4-16(15)12-17)7-8-19-24(2,21)22/h3-6,11-12,19H,7-10H2,1-2H3,(H,18,20). The van der Waals surface area contributed by atoms with Crippen molar-refractivity contribution in [3.63, 3.8) is 0 Å². The second-order valence-corrected chi connectivity index (χ2v) is 7.42. The molecule has 0 saturated heterocycles. The van der Waals surface area contributed by atoms with Gasteiger partial charge < -0.3 is 10.1 Å². The van der Waals surface area contributed by atoms with Crippen LogP contribution in [0.5, 0.6) is 5.75 Å². The average molecular weight is 350 g/mol. The molecule has 0 spiro atoms. The molecular formula is C17H22N2O4S. The van der Waals surface area contributed by atoms with E-state index in [4.69, 9.17) is 4.74 Å². The fourth-order valence-corrected chi connectivity index (χ4v) is 2.77. The molecule has 2 aromatic rings. The van der Waals surface area contributed by atoms with E-state index in [2.05, 4.69) is 10.0 Å². The number of ether oxygens (including phenoxy) is 1. The Morgan fingerprint density at radius 3 is 2.50 bits per heavy atom. The summed E-state index contributed by atoms with van der Waals surface area (Å²) in [5.74, 6) is 0.675. The van der Waals surface area contributed by atoms with E-state index < -0.39 is 10.0 Å². The van der Waals surface area contributed by atoms with Crippen LogP contribution in [0.4, 0.5) is 0 Å². The Morgan fingerprint density at radius 1 is 1.08 bits per heavy atom. The van der Waals surface area contributed by atoms with Crippen molar-refractivity contribution in [2.45, 2.75) is 13.3 Å². The number of sulfonamides is 1. The summed E-state index contributed by atoms with van der Waals surface area (Å²) in [4.78, 5) is 10.8. The predicted molar refractivity (Wildman–Crippen MR) is 94.7 cm³/mol. The number of benzene rings is 2. The molecule has 0 radical (unpaired) electrons. The van der Waals surface area contributed by atoms with Gasteiger partial charge in [-0.2, -0.15) is 0 Å². The van der Waals surface area contributed by atoms with Crippen LogP contribution >= 0.6 is 0 Å². The minimum atomic E-state index is -3.15. The van der Waals surface area contributed by atoms with Gasteiger partial charge in [0.2, 0.25) is 15.9 Å². The Balaban J connectivity index is 1.96. The van der Waals surface area contributed by atoms with Crippen molar-refractivity contribution in [1.82, 2.24) is 10.0 Å². The number of amides is 1. The summed E-state index contributed by atoms with van der Waals surface area (Å²) < 4.78 is 30.2. The maximum absolute atomic E-state index is 11.1. The van der Waals surface area contributed by atoms with E-state index in [1.54, 1.807) is 0 Å². The van der Waals surface area contributed by atoms with Crippen molar-refractivity contribution in [1.29, 1.82) is 0 Å². The molecule has 0 saturated carbocycles. The highest BCUT2D eigenvalue weighted by Gasteiger charge is 2.03. The first-order chi connectivity index (χ1) is 11.3. The van der Waals surface area contributed by atoms with Crippen molar-refractivity contribution in [3.8, 4) is 5.75 Å². The molecule has 0 bridgehead atoms. The van der Waals surface area contributed by atoms with Gasteiger partial charge in [0.05, 0.1) is 12.8 Å². The highest BCUT2D eigenvalue weighted by molar-refractivity contribution is 7.88. The molecule has 6 nitrogen and oxygen atoms in total. The van der Waals surface area contributed by atoms with Gasteiger partial charge in [0, 0.05) is 13.5 Å². The molecule has 1 amide bonds. The zero-order chi connectivity index (χ0) is 17.6. The highest BCUT2D eigenvalue weighted by atomic mass is 32.2. The molecule has 0 aliphatic heterocycles. The quantitative estimate of drug-likeness (QED) is 0.706. The van der Waals surface area contributed by atoms with Gasteiger partial charge in [-0.15, -0.1) is 0 Å². The van der Waals surface area contributed by atoms with Crippen LogP contribution in [-0.4, -0.2) is 40.3 Å². The third-order valence-corrected chi connectivity index (χ3v) is 4.13. The minimum absolute atomic E-state index is 0.0741. The second-order valence-electron chi connectivity index (χ2n) is 5.59. The Bertz CT molecular complexity index is 818. The largest absolute Gasteiger partial charge is 0.492 e. The van der Waals surface area contributed by atoms with E-state index >= 15 is 0 Å². The number of hydrogen-bond acceptors (Lipinski definition) is 4. The molecule has 130 valence electrons. The fraction of sp³-hybridized carbons (Fsp3) is 0.353. The molecule has 0 atom stereocenters. The van der Waals surface area contributed by atoms with Gasteiger partial charge in [0.1, 0.15) is 12.4 Å². The van der Waals surface area contributed by atoms with Gasteiger partial charge in [0.15, 0.2) is 0 Å². The Morgan fingerprint density at radius 2 is 1.79 bits per heavy atom. The Kier molecular flexibility index (Phi) is 6.16. The summed E-state index contributed by atoms with van der Waals surface area (Å²) in [5.41, 5.74) is 1.07. The van der Waals surface area contributed by atoms with Crippen LogP contribution in [0.3, 0.4) is 0 Å². The molecule has 2 N–H and O–H groups in total. The smallest absolute Gasteiger partial charge is 0.216 e. The lowest BCUT2D eigenvalue weighted by Crippen LogP contribution is -2.25. The maximum Gasteiger partial charge on any atom is 0.216 e. The molecule has 7 heteroatoms. The van der Waals surface area contributed by atoms with E-state index in [1.165, 1.54) is 6.92 Å². The summed E-state index contributed by atoms with van der Waals surface area (Å²) in [7, 11) is -3.15. The first-order valence-electron chi connectivity index (χ1n) is 7.68. The van der Waals surface area contributed by atoms with E-state index in [9.17, 15) is 13.2 Å². The van der Waals surface area contributed by atoms with Crippen LogP contribution in [0.15, 0.2) is 36.4 Å². The molecular weight excluding hydrogens is 328 g/mol. The molecule has 24 heavy (non-hydrogen) atoms. The predicted octanol–water partition coefficient (Wildman–Crippen LogP) is 1.45. The van der Waals surface area contributed by atoms with E-state index in [-0.39, 0.29) is 5.91 Å². The summed E-state index contributed by atoms with van der Waals surface area (Å²) in [6.45, 7) is 2.74. The van der Waals surface area contributed by atoms with Gasteiger partial charge in [0.25, 0.3) is 0 Å². The second kappa shape index (κ2) is 8.12. The average Bonchev–Trinajstić information content (AvgIpc) is 2.50. The lowest BCUT2D eigenvalue weighted by molar-refractivity contribution is -0.119.